The largest absolute Gasteiger partial charge is 0.313 e. The molecule has 1 saturated heterocycles. The summed E-state index contributed by atoms with van der Waals surface area (Å²) in [5.41, 5.74) is 0. The highest BCUT2D eigenvalue weighted by molar-refractivity contribution is 7.89. The molecule has 2 fully saturated rings. The van der Waals surface area contributed by atoms with Gasteiger partial charge < -0.3 is 5.32 Å². The van der Waals surface area contributed by atoms with Gasteiger partial charge in [0.2, 0.25) is 10.0 Å². The molecule has 5 heteroatoms. The molecule has 2 aliphatic rings. The Balaban J connectivity index is 2.03. The second kappa shape index (κ2) is 7.93. The zero-order valence-electron chi connectivity index (χ0n) is 13.7. The Morgan fingerprint density at radius 2 is 1.76 bits per heavy atom. The van der Waals surface area contributed by atoms with Gasteiger partial charge in [-0.1, -0.05) is 32.6 Å². The molecule has 0 aromatic heterocycles. The quantitative estimate of drug-likeness (QED) is 0.820. The van der Waals surface area contributed by atoms with E-state index in [0.717, 1.165) is 45.2 Å². The van der Waals surface area contributed by atoms with Gasteiger partial charge in [-0.05, 0) is 45.1 Å². The van der Waals surface area contributed by atoms with E-state index in [-0.39, 0.29) is 12.1 Å². The van der Waals surface area contributed by atoms with E-state index in [1.54, 1.807) is 0 Å². The molecule has 4 nitrogen and oxygen atoms in total. The predicted molar refractivity (Wildman–Crippen MR) is 87.8 cm³/mol. The summed E-state index contributed by atoms with van der Waals surface area (Å²) >= 11 is 0. The first-order chi connectivity index (χ1) is 10.0. The average molecular weight is 317 g/mol. The fourth-order valence-electron chi connectivity index (χ4n) is 3.98. The lowest BCUT2D eigenvalue weighted by Gasteiger charge is -2.39. The molecule has 2 rings (SSSR count). The smallest absolute Gasteiger partial charge is 0.214 e. The third-order valence-electron chi connectivity index (χ3n) is 5.13. The Morgan fingerprint density at radius 3 is 2.43 bits per heavy atom. The van der Waals surface area contributed by atoms with Crippen LogP contribution in [-0.4, -0.2) is 43.6 Å². The number of piperidine rings is 1. The predicted octanol–water partition coefficient (Wildman–Crippen LogP) is 2.75. The summed E-state index contributed by atoms with van der Waals surface area (Å²) in [4.78, 5) is 0. The highest BCUT2D eigenvalue weighted by atomic mass is 32.2. The van der Waals surface area contributed by atoms with Gasteiger partial charge in [-0.15, -0.1) is 0 Å². The van der Waals surface area contributed by atoms with Gasteiger partial charge >= 0.3 is 0 Å². The second-order valence-corrected chi connectivity index (χ2v) is 8.77. The molecule has 1 saturated carbocycles. The van der Waals surface area contributed by atoms with Crippen molar-refractivity contribution in [2.24, 2.45) is 5.92 Å². The summed E-state index contributed by atoms with van der Waals surface area (Å²) in [6, 6.07) is 0.392. The summed E-state index contributed by atoms with van der Waals surface area (Å²) in [5, 5.41) is 3.41. The van der Waals surface area contributed by atoms with Crippen LogP contribution in [0.3, 0.4) is 0 Å². The van der Waals surface area contributed by atoms with Crippen molar-refractivity contribution in [1.29, 1.82) is 0 Å². The summed E-state index contributed by atoms with van der Waals surface area (Å²) < 4.78 is 27.6. The third kappa shape index (κ3) is 4.67. The minimum atomic E-state index is -3.10. The monoisotopic (exact) mass is 316 g/mol. The van der Waals surface area contributed by atoms with Gasteiger partial charge in [-0.3, -0.25) is 0 Å². The van der Waals surface area contributed by atoms with Crippen molar-refractivity contribution in [3.8, 4) is 0 Å². The number of hydrogen-bond acceptors (Lipinski definition) is 3. The molecular formula is C16H32N2O2S. The number of rotatable bonds is 6. The molecule has 2 unspecified atom stereocenters. The average Bonchev–Trinajstić information content (AvgIpc) is 2.48. The van der Waals surface area contributed by atoms with E-state index in [9.17, 15) is 8.42 Å². The first kappa shape index (κ1) is 17.2. The van der Waals surface area contributed by atoms with Crippen LogP contribution in [0.15, 0.2) is 0 Å². The highest BCUT2D eigenvalue weighted by Crippen LogP contribution is 2.29. The van der Waals surface area contributed by atoms with Gasteiger partial charge in [-0.2, -0.15) is 4.31 Å². The number of nitrogens with zero attached hydrogens (tertiary/aromatic N) is 1. The maximum atomic E-state index is 12.9. The summed E-state index contributed by atoms with van der Waals surface area (Å²) in [6.07, 6.45) is 9.04. The van der Waals surface area contributed by atoms with Crippen LogP contribution in [0.4, 0.5) is 0 Å². The van der Waals surface area contributed by atoms with Crippen molar-refractivity contribution in [2.45, 2.75) is 77.3 Å². The zero-order valence-corrected chi connectivity index (χ0v) is 14.5. The molecule has 1 heterocycles. The molecule has 0 bridgehead atoms. The molecule has 0 radical (unpaired) electrons. The Morgan fingerprint density at radius 1 is 1.10 bits per heavy atom. The lowest BCUT2D eigenvalue weighted by atomic mass is 9.91. The van der Waals surface area contributed by atoms with E-state index in [0.29, 0.717) is 11.7 Å². The fourth-order valence-corrected chi connectivity index (χ4v) is 6.21. The van der Waals surface area contributed by atoms with E-state index in [1.165, 1.54) is 19.3 Å². The van der Waals surface area contributed by atoms with E-state index in [1.807, 2.05) is 4.31 Å². The standard InChI is InChI=1S/C16H32N2O2S/c1-3-17-14(2)16-11-7-8-12-18(16)21(19,20)13-15-9-5-4-6-10-15/h14-17H,3-13H2,1-2H3. The molecule has 1 aliphatic heterocycles. The molecule has 1 aliphatic carbocycles. The van der Waals surface area contributed by atoms with Crippen LogP contribution in [0, 0.1) is 5.92 Å². The molecular weight excluding hydrogens is 284 g/mol. The number of sulfonamides is 1. The SMILES string of the molecule is CCNC(C)C1CCCCN1S(=O)(=O)CC1CCCCC1. The normalized spacial score (nSPS) is 27.6. The van der Waals surface area contributed by atoms with Crippen LogP contribution in [0.25, 0.3) is 0 Å². The van der Waals surface area contributed by atoms with Crippen LogP contribution in [-0.2, 0) is 10.0 Å². The van der Waals surface area contributed by atoms with Crippen LogP contribution in [0.2, 0.25) is 0 Å². The van der Waals surface area contributed by atoms with Crippen LogP contribution in [0.5, 0.6) is 0 Å². The summed E-state index contributed by atoms with van der Waals surface area (Å²) in [6.45, 7) is 5.83. The minimum Gasteiger partial charge on any atom is -0.313 e. The third-order valence-corrected chi connectivity index (χ3v) is 7.19. The van der Waals surface area contributed by atoms with Gasteiger partial charge in [0.25, 0.3) is 0 Å². The Bertz CT molecular complexity index is 405. The summed E-state index contributed by atoms with van der Waals surface area (Å²) in [7, 11) is -3.10. The Hall–Kier alpha value is -0.130. The molecule has 0 aromatic rings. The van der Waals surface area contributed by atoms with Crippen LogP contribution in [0.1, 0.15) is 65.2 Å². The Labute approximate surface area is 130 Å². The highest BCUT2D eigenvalue weighted by Gasteiger charge is 2.36. The van der Waals surface area contributed by atoms with Gasteiger partial charge in [0.15, 0.2) is 0 Å². The number of likely N-dealkylation sites (N-methyl/N-ethyl adjacent to an activating group) is 1. The first-order valence-electron chi connectivity index (χ1n) is 8.77. The van der Waals surface area contributed by atoms with Crippen molar-refractivity contribution >= 4 is 10.0 Å². The fraction of sp³-hybridized carbons (Fsp3) is 1.00. The van der Waals surface area contributed by atoms with Crippen LogP contribution < -0.4 is 5.32 Å². The van der Waals surface area contributed by atoms with Crippen molar-refractivity contribution in [2.75, 3.05) is 18.8 Å². The lowest BCUT2D eigenvalue weighted by Crippen LogP contribution is -2.54. The number of hydrogen-bond donors (Lipinski definition) is 1. The minimum absolute atomic E-state index is 0.146. The van der Waals surface area contributed by atoms with Gasteiger partial charge in [-0.25, -0.2) is 8.42 Å². The molecule has 21 heavy (non-hydrogen) atoms. The molecule has 0 aromatic carbocycles. The topological polar surface area (TPSA) is 49.4 Å². The second-order valence-electron chi connectivity index (χ2n) is 6.80. The molecule has 2 atom stereocenters. The first-order valence-corrected chi connectivity index (χ1v) is 10.4. The van der Waals surface area contributed by atoms with Crippen molar-refractivity contribution in [3.63, 3.8) is 0 Å². The van der Waals surface area contributed by atoms with E-state index in [2.05, 4.69) is 19.2 Å². The molecule has 0 spiro atoms. The van der Waals surface area contributed by atoms with Gasteiger partial charge in [0.1, 0.15) is 0 Å². The number of nitrogens with one attached hydrogen (secondary N) is 1. The molecule has 1 N–H and O–H groups in total. The van der Waals surface area contributed by atoms with Crippen LogP contribution >= 0.6 is 0 Å². The maximum absolute atomic E-state index is 12.9. The van der Waals surface area contributed by atoms with Crippen molar-refractivity contribution in [1.82, 2.24) is 9.62 Å². The van der Waals surface area contributed by atoms with Gasteiger partial charge in [0, 0.05) is 18.6 Å². The maximum Gasteiger partial charge on any atom is 0.214 e. The van der Waals surface area contributed by atoms with Gasteiger partial charge in [0.05, 0.1) is 5.75 Å². The summed E-state index contributed by atoms with van der Waals surface area (Å²) in [5.74, 6) is 0.767. The van der Waals surface area contributed by atoms with Crippen molar-refractivity contribution < 1.29 is 8.42 Å². The molecule has 124 valence electrons. The van der Waals surface area contributed by atoms with Crippen molar-refractivity contribution in [3.05, 3.63) is 0 Å². The molecule has 0 amide bonds. The van der Waals surface area contributed by atoms with E-state index in [4.69, 9.17) is 0 Å². The lowest BCUT2D eigenvalue weighted by molar-refractivity contribution is 0.208. The van der Waals surface area contributed by atoms with E-state index < -0.39 is 10.0 Å². The van der Waals surface area contributed by atoms with E-state index >= 15 is 0 Å². The Kier molecular flexibility index (Phi) is 6.51. The zero-order chi connectivity index (χ0) is 15.3.